The zero-order chi connectivity index (χ0) is 19.4. The van der Waals surface area contributed by atoms with Gasteiger partial charge in [0.05, 0.1) is 0 Å². The van der Waals surface area contributed by atoms with E-state index >= 15 is 0 Å². The molecule has 1 saturated heterocycles. The molecule has 0 N–H and O–H groups in total. The van der Waals surface area contributed by atoms with Gasteiger partial charge in [0, 0.05) is 0 Å². The molecule has 0 aliphatic carbocycles. The van der Waals surface area contributed by atoms with Gasteiger partial charge in [0.1, 0.15) is 6.61 Å². The van der Waals surface area contributed by atoms with Crippen molar-refractivity contribution in [3.8, 4) is 0 Å². The van der Waals surface area contributed by atoms with Crippen molar-refractivity contribution in [3.05, 3.63) is 0 Å². The molecule has 0 aromatic heterocycles. The summed E-state index contributed by atoms with van der Waals surface area (Å²) in [7, 11) is 0. The Bertz CT molecular complexity index is 467. The fourth-order valence-corrected chi connectivity index (χ4v) is 1.33. The van der Waals surface area contributed by atoms with E-state index in [9.17, 15) is 57.1 Å². The second-order valence-corrected chi connectivity index (χ2v) is 4.23. The van der Waals surface area contributed by atoms with E-state index in [1.54, 1.807) is 0 Å². The van der Waals surface area contributed by atoms with Crippen LogP contribution >= 0.6 is 0 Å². The highest BCUT2D eigenvalue weighted by atomic mass is 19.4. The molecule has 0 aromatic carbocycles. The van der Waals surface area contributed by atoms with E-state index in [2.05, 4.69) is 14.2 Å². The van der Waals surface area contributed by atoms with E-state index < -0.39 is 49.2 Å². The summed E-state index contributed by atoms with van der Waals surface area (Å²) in [4.78, 5) is 0. The minimum Gasteiger partial charge on any atom is -0.338 e. The molecule has 0 spiro atoms. The number of hydrogen-bond donors (Lipinski definition) is 0. The van der Waals surface area contributed by atoms with Crippen molar-refractivity contribution in [1.29, 1.82) is 0 Å². The van der Waals surface area contributed by atoms with Gasteiger partial charge in [0.15, 0.2) is 0 Å². The van der Waals surface area contributed by atoms with Crippen molar-refractivity contribution < 1.29 is 71.3 Å². The van der Waals surface area contributed by atoms with Crippen LogP contribution in [0.4, 0.5) is 57.1 Å². The molecule has 16 heteroatoms. The second-order valence-electron chi connectivity index (χ2n) is 4.23. The van der Waals surface area contributed by atoms with Crippen molar-refractivity contribution in [2.75, 3.05) is 6.61 Å². The lowest BCUT2D eigenvalue weighted by atomic mass is 10.1. The van der Waals surface area contributed by atoms with Gasteiger partial charge in [0.25, 0.3) is 0 Å². The molecule has 0 radical (unpaired) electrons. The van der Waals surface area contributed by atoms with Gasteiger partial charge in [-0.2, -0.15) is 57.1 Å². The molecule has 144 valence electrons. The normalized spacial score (nSPS) is 35.1. The first-order valence-corrected chi connectivity index (χ1v) is 5.22. The molecule has 3 nitrogen and oxygen atoms in total. The van der Waals surface area contributed by atoms with Crippen LogP contribution < -0.4 is 0 Å². The zero-order valence-corrected chi connectivity index (χ0v) is 10.4. The SMILES string of the molecule is FC(F)(F)COC1OC(F)(C(F)(F)F)C(F)(F)OC1(F)C(F)(F)F. The van der Waals surface area contributed by atoms with Crippen molar-refractivity contribution >= 4 is 0 Å². The van der Waals surface area contributed by atoms with Crippen molar-refractivity contribution in [1.82, 2.24) is 0 Å². The monoisotopic (exact) mass is 394 g/mol. The van der Waals surface area contributed by atoms with Crippen LogP contribution in [0.3, 0.4) is 0 Å². The third-order valence-corrected chi connectivity index (χ3v) is 2.37. The fourth-order valence-electron chi connectivity index (χ4n) is 1.33. The topological polar surface area (TPSA) is 27.7 Å². The average molecular weight is 394 g/mol. The Labute approximate surface area is 122 Å². The summed E-state index contributed by atoms with van der Waals surface area (Å²) in [5.74, 6) is -12.4. The Hall–Kier alpha value is -1.03. The highest BCUT2D eigenvalue weighted by Crippen LogP contribution is 2.57. The molecule has 0 saturated carbocycles. The van der Waals surface area contributed by atoms with Gasteiger partial charge in [0.2, 0.25) is 6.29 Å². The Balaban J connectivity index is 3.33. The molecule has 0 amide bonds. The van der Waals surface area contributed by atoms with E-state index in [4.69, 9.17) is 0 Å². The maximum atomic E-state index is 13.6. The number of alkyl halides is 13. The van der Waals surface area contributed by atoms with Gasteiger partial charge in [-0.1, -0.05) is 0 Å². The van der Waals surface area contributed by atoms with Crippen LogP contribution in [0.2, 0.25) is 0 Å². The van der Waals surface area contributed by atoms with Gasteiger partial charge < -0.3 is 4.74 Å². The Morgan fingerprint density at radius 3 is 1.58 bits per heavy atom. The summed E-state index contributed by atoms with van der Waals surface area (Å²) in [5, 5.41) is 0. The molecule has 3 atom stereocenters. The van der Waals surface area contributed by atoms with Crippen molar-refractivity contribution in [2.45, 2.75) is 42.6 Å². The van der Waals surface area contributed by atoms with Crippen molar-refractivity contribution in [3.63, 3.8) is 0 Å². The predicted molar refractivity (Wildman–Crippen MR) is 42.7 cm³/mol. The average Bonchev–Trinajstić information content (AvgIpc) is 2.27. The molecule has 24 heavy (non-hydrogen) atoms. The van der Waals surface area contributed by atoms with Crippen LogP contribution in [0.5, 0.6) is 0 Å². The summed E-state index contributed by atoms with van der Waals surface area (Å²) in [6.07, 6.45) is -30.1. The molecule has 3 unspecified atom stereocenters. The smallest absolute Gasteiger partial charge is 0.338 e. The number of halogens is 13. The van der Waals surface area contributed by atoms with E-state index in [1.807, 2.05) is 0 Å². The first-order chi connectivity index (χ1) is 10.3. The van der Waals surface area contributed by atoms with Gasteiger partial charge in [-0.3, -0.25) is 9.47 Å². The number of ether oxygens (including phenoxy) is 3. The van der Waals surface area contributed by atoms with Crippen LogP contribution in [-0.4, -0.2) is 49.2 Å². The first kappa shape index (κ1) is 21.0. The molecule has 0 aromatic rings. The third kappa shape index (κ3) is 3.49. The lowest BCUT2D eigenvalue weighted by molar-refractivity contribution is -0.586. The van der Waals surface area contributed by atoms with Crippen LogP contribution in [0.15, 0.2) is 0 Å². The minimum absolute atomic E-state index is 2.21. The van der Waals surface area contributed by atoms with Gasteiger partial charge in [-0.25, -0.2) is 0 Å². The van der Waals surface area contributed by atoms with E-state index in [0.717, 1.165) is 0 Å². The maximum absolute atomic E-state index is 13.6. The standard InChI is InChI=1S/C8H3F13O3/c9-3(10,11)1-22-2-4(12,6(14,15)16)24-8(20,21)5(13,23-2)7(17,18)19/h2H,1H2. The van der Waals surface area contributed by atoms with Crippen LogP contribution in [0.25, 0.3) is 0 Å². The molecular formula is C8H3F13O3. The van der Waals surface area contributed by atoms with E-state index in [-0.39, 0.29) is 0 Å². The maximum Gasteiger partial charge on any atom is 0.458 e. The number of rotatable bonds is 2. The molecule has 1 fully saturated rings. The van der Waals surface area contributed by atoms with Crippen LogP contribution in [-0.2, 0) is 14.2 Å². The third-order valence-electron chi connectivity index (χ3n) is 2.37. The van der Waals surface area contributed by atoms with Crippen LogP contribution in [0, 0.1) is 0 Å². The second kappa shape index (κ2) is 5.48. The molecule has 1 aliphatic heterocycles. The van der Waals surface area contributed by atoms with Gasteiger partial charge in [-0.15, -0.1) is 0 Å². The van der Waals surface area contributed by atoms with Crippen LogP contribution in [0.1, 0.15) is 0 Å². The molecule has 1 aliphatic rings. The molecular weight excluding hydrogens is 391 g/mol. The highest BCUT2D eigenvalue weighted by Gasteiger charge is 2.85. The highest BCUT2D eigenvalue weighted by molar-refractivity contribution is 4.97. The van der Waals surface area contributed by atoms with Crippen molar-refractivity contribution in [2.24, 2.45) is 0 Å². The largest absolute Gasteiger partial charge is 0.458 e. The fraction of sp³-hybridized carbons (Fsp3) is 1.00. The van der Waals surface area contributed by atoms with Gasteiger partial charge >= 0.3 is 36.3 Å². The predicted octanol–water partition coefficient (Wildman–Crippen LogP) is 3.99. The lowest BCUT2D eigenvalue weighted by Gasteiger charge is -2.47. The van der Waals surface area contributed by atoms with E-state index in [0.29, 0.717) is 0 Å². The summed E-state index contributed by atoms with van der Waals surface area (Å²) < 4.78 is 170. The quantitative estimate of drug-likeness (QED) is 0.664. The summed E-state index contributed by atoms with van der Waals surface area (Å²) in [6, 6.07) is 0. The van der Waals surface area contributed by atoms with Gasteiger partial charge in [-0.05, 0) is 0 Å². The molecule has 1 heterocycles. The minimum atomic E-state index is -6.82. The molecule has 1 rings (SSSR count). The summed E-state index contributed by atoms with van der Waals surface area (Å²) in [6.45, 7) is -2.89. The van der Waals surface area contributed by atoms with E-state index in [1.165, 1.54) is 0 Å². The summed E-state index contributed by atoms with van der Waals surface area (Å²) in [5.41, 5.74) is 0. The Kier molecular flexibility index (Phi) is 4.80. The Morgan fingerprint density at radius 2 is 1.25 bits per heavy atom. The lowest BCUT2D eigenvalue weighted by Crippen LogP contribution is -2.73. The first-order valence-electron chi connectivity index (χ1n) is 5.22. The zero-order valence-electron chi connectivity index (χ0n) is 10.4. The summed E-state index contributed by atoms with van der Waals surface area (Å²) >= 11 is 0. The number of hydrogen-bond acceptors (Lipinski definition) is 3. The Morgan fingerprint density at radius 1 is 0.792 bits per heavy atom. The molecule has 0 bridgehead atoms.